The number of furan rings is 1. The molecule has 0 fully saturated rings. The maximum Gasteiger partial charge on any atom is 0.213 e. The highest BCUT2D eigenvalue weighted by molar-refractivity contribution is 6.06. The third-order valence-corrected chi connectivity index (χ3v) is 12.5. The van der Waals surface area contributed by atoms with Gasteiger partial charge >= 0.3 is 0 Å². The van der Waals surface area contributed by atoms with Crippen LogP contribution in [0.25, 0.3) is 44.5 Å². The zero-order valence-electron chi connectivity index (χ0n) is 31.0. The minimum Gasteiger partial charge on any atom is -0.456 e. The number of aromatic nitrogens is 2. The lowest BCUT2D eigenvalue weighted by Gasteiger charge is -2.40. The summed E-state index contributed by atoms with van der Waals surface area (Å²) < 4.78 is 11.9. The molecule has 0 radical (unpaired) electrons. The van der Waals surface area contributed by atoms with Crippen LogP contribution in [0.15, 0.2) is 89.6 Å². The van der Waals surface area contributed by atoms with Gasteiger partial charge in [0.15, 0.2) is 17.9 Å². The van der Waals surface area contributed by atoms with Crippen LogP contribution in [0.5, 0.6) is 0 Å². The van der Waals surface area contributed by atoms with Crippen LogP contribution in [0.1, 0.15) is 107 Å². The van der Waals surface area contributed by atoms with Crippen molar-refractivity contribution in [1.82, 2.24) is 0 Å². The van der Waals surface area contributed by atoms with E-state index in [1.165, 1.54) is 66.7 Å². The summed E-state index contributed by atoms with van der Waals surface area (Å²) in [6, 6.07) is 27.5. The number of pyridine rings is 2. The van der Waals surface area contributed by atoms with Crippen LogP contribution in [-0.4, -0.2) is 0 Å². The van der Waals surface area contributed by atoms with Crippen molar-refractivity contribution in [2.45, 2.75) is 117 Å². The molecule has 8 rings (SSSR count). The lowest BCUT2D eigenvalue weighted by Crippen LogP contribution is -2.63. The molecule has 4 heterocycles. The molecule has 1 aliphatic heterocycles. The number of hydrogen-bond acceptors (Lipinski definition) is 1. The van der Waals surface area contributed by atoms with E-state index in [-0.39, 0.29) is 16.4 Å². The maximum absolute atomic E-state index is 6.59. The van der Waals surface area contributed by atoms with Crippen LogP contribution < -0.4 is 9.13 Å². The van der Waals surface area contributed by atoms with Gasteiger partial charge in [-0.25, -0.2) is 0 Å². The van der Waals surface area contributed by atoms with Crippen molar-refractivity contribution >= 4 is 21.9 Å². The molecule has 1 aliphatic carbocycles. The molecule has 3 heteroatoms. The minimum absolute atomic E-state index is 0.0649. The summed E-state index contributed by atoms with van der Waals surface area (Å²) in [6.45, 7) is 22.2. The van der Waals surface area contributed by atoms with Gasteiger partial charge in [0.1, 0.15) is 17.7 Å². The van der Waals surface area contributed by atoms with Crippen molar-refractivity contribution in [3.05, 3.63) is 119 Å². The van der Waals surface area contributed by atoms with Crippen molar-refractivity contribution < 1.29 is 13.6 Å². The van der Waals surface area contributed by atoms with Crippen LogP contribution in [0.3, 0.4) is 0 Å². The van der Waals surface area contributed by atoms with E-state index in [4.69, 9.17) is 4.42 Å². The monoisotopic (exact) mass is 648 g/mol. The Kier molecular flexibility index (Phi) is 7.27. The van der Waals surface area contributed by atoms with Crippen molar-refractivity contribution in [1.29, 1.82) is 0 Å². The number of benzene rings is 3. The van der Waals surface area contributed by atoms with E-state index in [9.17, 15) is 0 Å². The summed E-state index contributed by atoms with van der Waals surface area (Å²) in [5.74, 6) is 0.309. The Morgan fingerprint density at radius 1 is 0.714 bits per heavy atom. The predicted octanol–water partition coefficient (Wildman–Crippen LogP) is 11.1. The molecule has 3 nitrogen and oxygen atoms in total. The van der Waals surface area contributed by atoms with Gasteiger partial charge in [0.2, 0.25) is 11.4 Å². The second kappa shape index (κ2) is 11.1. The van der Waals surface area contributed by atoms with Crippen LogP contribution in [0, 0.1) is 20.8 Å². The molecule has 3 aromatic heterocycles. The SMILES string of the molecule is CCC1(CC)C(CC[n+]2ccc(C)cc2-c2cc(C)ccc2C)c2cc3oc4ccccc4c3cc2-c2cc3c(c[n+]21)C(C)(C)CC3(C)C. The minimum atomic E-state index is -0.0649. The molecule has 3 aromatic carbocycles. The van der Waals surface area contributed by atoms with E-state index in [0.717, 1.165) is 43.4 Å². The smallest absolute Gasteiger partial charge is 0.213 e. The second-order valence-electron chi connectivity index (χ2n) is 16.6. The molecular formula is C46H52N2O+2. The highest BCUT2D eigenvalue weighted by Crippen LogP contribution is 2.54. The highest BCUT2D eigenvalue weighted by Gasteiger charge is 2.54. The Morgan fingerprint density at radius 2 is 1.45 bits per heavy atom. The number of rotatable bonds is 6. The molecule has 0 saturated carbocycles. The molecule has 250 valence electrons. The Bertz CT molecular complexity index is 2280. The first kappa shape index (κ1) is 32.0. The van der Waals surface area contributed by atoms with Gasteiger partial charge in [-0.3, -0.25) is 0 Å². The van der Waals surface area contributed by atoms with Crippen molar-refractivity contribution in [2.75, 3.05) is 0 Å². The Morgan fingerprint density at radius 3 is 2.22 bits per heavy atom. The van der Waals surface area contributed by atoms with Gasteiger partial charge in [0.05, 0.1) is 11.5 Å². The van der Waals surface area contributed by atoms with E-state index in [1.54, 1.807) is 0 Å². The van der Waals surface area contributed by atoms with Crippen molar-refractivity contribution in [2.24, 2.45) is 0 Å². The van der Waals surface area contributed by atoms with Gasteiger partial charge in [0, 0.05) is 59.4 Å². The largest absolute Gasteiger partial charge is 0.456 e. The summed E-state index contributed by atoms with van der Waals surface area (Å²) in [4.78, 5) is 0. The summed E-state index contributed by atoms with van der Waals surface area (Å²) >= 11 is 0. The van der Waals surface area contributed by atoms with Gasteiger partial charge in [-0.05, 0) is 84.5 Å². The van der Waals surface area contributed by atoms with Gasteiger partial charge in [-0.1, -0.05) is 77.4 Å². The predicted molar refractivity (Wildman–Crippen MR) is 202 cm³/mol. The van der Waals surface area contributed by atoms with Crippen LogP contribution in [0.2, 0.25) is 0 Å². The number of hydrogen-bond donors (Lipinski definition) is 0. The normalized spacial score (nSPS) is 18.4. The number of aryl methyl sites for hydroxylation is 4. The zero-order valence-corrected chi connectivity index (χ0v) is 31.0. The van der Waals surface area contributed by atoms with Crippen LogP contribution in [-0.2, 0) is 22.9 Å². The highest BCUT2D eigenvalue weighted by atomic mass is 16.3. The van der Waals surface area contributed by atoms with E-state index in [2.05, 4.69) is 157 Å². The van der Waals surface area contributed by atoms with Gasteiger partial charge < -0.3 is 4.42 Å². The molecule has 6 aromatic rings. The third kappa shape index (κ3) is 4.83. The van der Waals surface area contributed by atoms with E-state index in [1.807, 2.05) is 0 Å². The summed E-state index contributed by atoms with van der Waals surface area (Å²) in [6.07, 6.45) is 9.24. The fourth-order valence-electron chi connectivity index (χ4n) is 10.1. The topological polar surface area (TPSA) is 20.9 Å². The van der Waals surface area contributed by atoms with E-state index in [0.29, 0.717) is 5.92 Å². The van der Waals surface area contributed by atoms with Crippen LogP contribution in [0.4, 0.5) is 0 Å². The molecule has 1 atom stereocenters. The van der Waals surface area contributed by atoms with Gasteiger partial charge in [-0.15, -0.1) is 0 Å². The maximum atomic E-state index is 6.59. The zero-order chi connectivity index (χ0) is 34.5. The summed E-state index contributed by atoms with van der Waals surface area (Å²) in [5.41, 5.74) is 15.9. The van der Waals surface area contributed by atoms with E-state index < -0.39 is 0 Å². The number of fused-ring (bicyclic) bond motifs is 7. The van der Waals surface area contributed by atoms with Gasteiger partial charge in [-0.2, -0.15) is 9.13 Å². The quantitative estimate of drug-likeness (QED) is 0.165. The average molecular weight is 649 g/mol. The first-order valence-corrected chi connectivity index (χ1v) is 18.5. The fourth-order valence-corrected chi connectivity index (χ4v) is 10.1. The molecule has 1 unspecified atom stereocenters. The molecular weight excluding hydrogens is 597 g/mol. The molecule has 2 aliphatic rings. The standard InChI is InChI=1S/C46H52N2O/c1-10-46(11-2)37(19-21-47-20-18-30(4)23-40(47)33-22-29(3)16-17-31(33)5)34-25-43-36(32-14-12-13-15-42(32)49-43)24-35(34)41-26-38-39(27-48(41)46)45(8,9)28-44(38,6)7/h12-18,20,22-27,37H,10-11,19,21,28H2,1-9H3/q+2. The van der Waals surface area contributed by atoms with Crippen molar-refractivity contribution in [3.8, 4) is 22.5 Å². The Labute approximate surface area is 292 Å². The summed E-state index contributed by atoms with van der Waals surface area (Å²) in [5, 5.41) is 2.41. The van der Waals surface area contributed by atoms with Gasteiger partial charge in [0.25, 0.3) is 0 Å². The Balaban J connectivity index is 1.35. The van der Waals surface area contributed by atoms with E-state index >= 15 is 0 Å². The van der Waals surface area contributed by atoms with Crippen LogP contribution >= 0.6 is 0 Å². The molecule has 0 N–H and O–H groups in total. The average Bonchev–Trinajstić information content (AvgIpc) is 3.52. The molecule has 0 bridgehead atoms. The molecule has 0 amide bonds. The molecule has 0 spiro atoms. The van der Waals surface area contributed by atoms with Crippen molar-refractivity contribution in [3.63, 3.8) is 0 Å². The lowest BCUT2D eigenvalue weighted by atomic mass is 9.68. The second-order valence-corrected chi connectivity index (χ2v) is 16.6. The lowest BCUT2D eigenvalue weighted by molar-refractivity contribution is -0.765. The number of para-hydroxylation sites is 1. The fraction of sp³-hybridized carbons (Fsp3) is 0.391. The molecule has 0 saturated heterocycles. The number of nitrogens with zero attached hydrogens (tertiary/aromatic N) is 2. The molecule has 49 heavy (non-hydrogen) atoms. The Hall–Kier alpha value is -4.24. The summed E-state index contributed by atoms with van der Waals surface area (Å²) in [7, 11) is 0. The third-order valence-electron chi connectivity index (χ3n) is 12.5. The first-order chi connectivity index (χ1) is 23.4. The first-order valence-electron chi connectivity index (χ1n) is 18.5.